The molecular weight excluding hydrogens is 292 g/mol. The molecule has 0 spiro atoms. The minimum atomic E-state index is -0.686. The summed E-state index contributed by atoms with van der Waals surface area (Å²) >= 11 is 2.94. The zero-order valence-corrected chi connectivity index (χ0v) is 10.8. The molecule has 0 N–H and O–H groups in total. The third kappa shape index (κ3) is 2.49. The van der Waals surface area contributed by atoms with Crippen LogP contribution in [0.15, 0.2) is 16.6 Å². The van der Waals surface area contributed by atoms with Crippen LogP contribution in [0.4, 0.5) is 8.78 Å². The van der Waals surface area contributed by atoms with Gasteiger partial charge in [-0.15, -0.1) is 0 Å². The Kier molecular flexibility index (Phi) is 3.76. The van der Waals surface area contributed by atoms with Crippen LogP contribution < -0.4 is 0 Å². The summed E-state index contributed by atoms with van der Waals surface area (Å²) in [6, 6.07) is 1.99. The van der Waals surface area contributed by atoms with Gasteiger partial charge in [-0.05, 0) is 47.3 Å². The topological polar surface area (TPSA) is 20.3 Å². The smallest absolute Gasteiger partial charge is 0.258 e. The first kappa shape index (κ1) is 12.5. The van der Waals surface area contributed by atoms with Crippen molar-refractivity contribution >= 4 is 21.8 Å². The van der Waals surface area contributed by atoms with Crippen LogP contribution >= 0.6 is 15.9 Å². The van der Waals surface area contributed by atoms with Crippen molar-refractivity contribution in [2.45, 2.75) is 19.3 Å². The highest BCUT2D eigenvalue weighted by molar-refractivity contribution is 9.10. The van der Waals surface area contributed by atoms with Gasteiger partial charge in [0.2, 0.25) is 0 Å². The van der Waals surface area contributed by atoms with Gasteiger partial charge in [0.15, 0.2) is 0 Å². The average Bonchev–Trinajstić information content (AvgIpc) is 2.35. The van der Waals surface area contributed by atoms with Gasteiger partial charge < -0.3 is 4.90 Å². The summed E-state index contributed by atoms with van der Waals surface area (Å²) in [5.74, 6) is -1.74. The summed E-state index contributed by atoms with van der Waals surface area (Å²) in [6.45, 7) is 1.22. The molecule has 1 aliphatic heterocycles. The molecule has 1 saturated heterocycles. The van der Waals surface area contributed by atoms with Crippen LogP contribution in [0, 0.1) is 11.6 Å². The molecule has 1 amide bonds. The van der Waals surface area contributed by atoms with Gasteiger partial charge in [0.05, 0.1) is 10.0 Å². The van der Waals surface area contributed by atoms with E-state index in [9.17, 15) is 13.6 Å². The van der Waals surface area contributed by atoms with Crippen molar-refractivity contribution in [1.29, 1.82) is 0 Å². The van der Waals surface area contributed by atoms with E-state index in [0.717, 1.165) is 31.4 Å². The number of nitrogens with zero attached hydrogens (tertiary/aromatic N) is 1. The van der Waals surface area contributed by atoms with Gasteiger partial charge in [-0.1, -0.05) is 0 Å². The molecule has 5 heteroatoms. The Bertz CT molecular complexity index is 444. The van der Waals surface area contributed by atoms with Gasteiger partial charge in [-0.3, -0.25) is 4.79 Å². The van der Waals surface area contributed by atoms with E-state index in [1.165, 1.54) is 0 Å². The zero-order chi connectivity index (χ0) is 12.4. The molecule has 92 valence electrons. The normalized spacial score (nSPS) is 16.1. The molecule has 0 atom stereocenters. The molecule has 0 radical (unpaired) electrons. The first-order chi connectivity index (χ1) is 8.11. The van der Waals surface area contributed by atoms with E-state index in [1.54, 1.807) is 4.90 Å². The summed E-state index contributed by atoms with van der Waals surface area (Å²) < 4.78 is 26.8. The Hall–Kier alpha value is -0.970. The van der Waals surface area contributed by atoms with E-state index in [1.807, 2.05) is 0 Å². The molecular formula is C12H12BrF2NO. The largest absolute Gasteiger partial charge is 0.339 e. The first-order valence-corrected chi connectivity index (χ1v) is 6.33. The van der Waals surface area contributed by atoms with Crippen molar-refractivity contribution in [1.82, 2.24) is 4.90 Å². The summed E-state index contributed by atoms with van der Waals surface area (Å²) in [7, 11) is 0. The second-order valence-electron chi connectivity index (χ2n) is 4.07. The van der Waals surface area contributed by atoms with Crippen LogP contribution in [0.25, 0.3) is 0 Å². The number of carbonyl (C=O) groups is 1. The summed E-state index contributed by atoms with van der Waals surface area (Å²) in [6.07, 6.45) is 2.91. The molecule has 1 aromatic carbocycles. The van der Waals surface area contributed by atoms with E-state index in [4.69, 9.17) is 0 Å². The van der Waals surface area contributed by atoms with Gasteiger partial charge in [-0.25, -0.2) is 8.78 Å². The quantitative estimate of drug-likeness (QED) is 0.729. The molecule has 0 aliphatic carbocycles. The molecule has 17 heavy (non-hydrogen) atoms. The van der Waals surface area contributed by atoms with E-state index in [0.29, 0.717) is 13.1 Å². The highest BCUT2D eigenvalue weighted by Gasteiger charge is 2.24. The van der Waals surface area contributed by atoms with Gasteiger partial charge in [-0.2, -0.15) is 0 Å². The fraction of sp³-hybridized carbons (Fsp3) is 0.417. The minimum Gasteiger partial charge on any atom is -0.339 e. The van der Waals surface area contributed by atoms with Gasteiger partial charge in [0.25, 0.3) is 5.91 Å². The van der Waals surface area contributed by atoms with Gasteiger partial charge in [0.1, 0.15) is 11.6 Å². The summed E-state index contributed by atoms with van der Waals surface area (Å²) in [5, 5.41) is 0. The number of hydrogen-bond donors (Lipinski definition) is 0. The molecule has 0 bridgehead atoms. The van der Waals surface area contributed by atoms with Crippen molar-refractivity contribution < 1.29 is 13.6 Å². The number of carbonyl (C=O) groups excluding carboxylic acids is 1. The highest BCUT2D eigenvalue weighted by Crippen LogP contribution is 2.25. The van der Waals surface area contributed by atoms with Crippen LogP contribution in [0.2, 0.25) is 0 Å². The van der Waals surface area contributed by atoms with E-state index in [2.05, 4.69) is 15.9 Å². The van der Waals surface area contributed by atoms with Crippen molar-refractivity contribution in [2.24, 2.45) is 0 Å². The van der Waals surface area contributed by atoms with E-state index < -0.39 is 17.5 Å². The average molecular weight is 304 g/mol. The Balaban J connectivity index is 2.32. The van der Waals surface area contributed by atoms with Crippen molar-refractivity contribution in [2.75, 3.05) is 13.1 Å². The fourth-order valence-electron chi connectivity index (χ4n) is 1.98. The highest BCUT2D eigenvalue weighted by atomic mass is 79.9. The maximum absolute atomic E-state index is 13.6. The summed E-state index contributed by atoms with van der Waals surface area (Å²) in [5.41, 5.74) is -0.202. The van der Waals surface area contributed by atoms with Crippen LogP contribution in [-0.4, -0.2) is 23.9 Å². The van der Waals surface area contributed by atoms with E-state index in [-0.39, 0.29) is 10.0 Å². The molecule has 2 rings (SSSR count). The standard InChI is InChI=1S/C12H12BrF2NO/c13-11-9(15)5-4-8(14)10(11)12(17)16-6-2-1-3-7-16/h4-5H,1-3,6-7H2. The number of rotatable bonds is 1. The predicted octanol–water partition coefficient (Wildman–Crippen LogP) is 3.35. The molecule has 1 heterocycles. The lowest BCUT2D eigenvalue weighted by Gasteiger charge is -2.27. The number of piperidine rings is 1. The molecule has 1 fully saturated rings. The minimum absolute atomic E-state index is 0.0897. The molecule has 0 unspecified atom stereocenters. The fourth-order valence-corrected chi connectivity index (χ4v) is 2.47. The van der Waals surface area contributed by atoms with Crippen molar-refractivity contribution in [3.63, 3.8) is 0 Å². The Morgan fingerprint density at radius 3 is 2.35 bits per heavy atom. The van der Waals surface area contributed by atoms with Gasteiger partial charge in [0, 0.05) is 13.1 Å². The molecule has 1 aromatic rings. The monoisotopic (exact) mass is 303 g/mol. The third-order valence-corrected chi connectivity index (χ3v) is 3.68. The van der Waals surface area contributed by atoms with Gasteiger partial charge >= 0.3 is 0 Å². The molecule has 1 aliphatic rings. The van der Waals surface area contributed by atoms with Crippen molar-refractivity contribution in [3.8, 4) is 0 Å². The number of halogens is 3. The van der Waals surface area contributed by atoms with Crippen LogP contribution in [0.1, 0.15) is 29.6 Å². The first-order valence-electron chi connectivity index (χ1n) is 5.54. The lowest BCUT2D eigenvalue weighted by atomic mass is 10.1. The Morgan fingerprint density at radius 2 is 1.71 bits per heavy atom. The summed E-state index contributed by atoms with van der Waals surface area (Å²) in [4.78, 5) is 13.7. The zero-order valence-electron chi connectivity index (χ0n) is 9.18. The number of likely N-dealkylation sites (tertiary alicyclic amines) is 1. The molecule has 0 saturated carbocycles. The predicted molar refractivity (Wildman–Crippen MR) is 63.8 cm³/mol. The Morgan fingerprint density at radius 1 is 1.12 bits per heavy atom. The number of amides is 1. The molecule has 0 aromatic heterocycles. The number of hydrogen-bond acceptors (Lipinski definition) is 1. The maximum Gasteiger partial charge on any atom is 0.258 e. The van der Waals surface area contributed by atoms with Crippen molar-refractivity contribution in [3.05, 3.63) is 33.8 Å². The second-order valence-corrected chi connectivity index (χ2v) is 4.86. The number of benzene rings is 1. The van der Waals surface area contributed by atoms with Crippen LogP contribution in [0.3, 0.4) is 0 Å². The maximum atomic E-state index is 13.6. The SMILES string of the molecule is O=C(c1c(F)ccc(F)c1Br)N1CCCCC1. The van der Waals surface area contributed by atoms with Crippen LogP contribution in [-0.2, 0) is 0 Å². The lowest BCUT2D eigenvalue weighted by Crippen LogP contribution is -2.36. The molecule has 2 nitrogen and oxygen atoms in total. The second kappa shape index (κ2) is 5.12. The van der Waals surface area contributed by atoms with E-state index >= 15 is 0 Å². The third-order valence-electron chi connectivity index (χ3n) is 2.90. The van der Waals surface area contributed by atoms with Crippen LogP contribution in [0.5, 0.6) is 0 Å². The Labute approximate surface area is 107 Å². The lowest BCUT2D eigenvalue weighted by molar-refractivity contribution is 0.0718.